The van der Waals surface area contributed by atoms with Gasteiger partial charge in [0.2, 0.25) is 5.91 Å². The number of likely N-dealkylation sites (tertiary alicyclic amines) is 1. The van der Waals surface area contributed by atoms with E-state index in [1.807, 2.05) is 11.2 Å². The van der Waals surface area contributed by atoms with Gasteiger partial charge >= 0.3 is 0 Å². The van der Waals surface area contributed by atoms with Crippen LogP contribution in [0.25, 0.3) is 0 Å². The molecule has 1 fully saturated rings. The lowest BCUT2D eigenvalue weighted by Gasteiger charge is -2.30. The van der Waals surface area contributed by atoms with Crippen LogP contribution in [0, 0.1) is 0 Å². The Morgan fingerprint density at radius 2 is 2.30 bits per heavy atom. The molecule has 2 nitrogen and oxygen atoms in total. The monoisotopic (exact) mass is 159 g/mol. The lowest BCUT2D eigenvalue weighted by Crippen LogP contribution is -2.42. The summed E-state index contributed by atoms with van der Waals surface area (Å²) in [6, 6.07) is 0. The number of carbonyl (C=O) groups excluding carboxylic acids is 1. The van der Waals surface area contributed by atoms with E-state index in [4.69, 9.17) is 0 Å². The molecular weight excluding hydrogens is 146 g/mol. The van der Waals surface area contributed by atoms with Crippen molar-refractivity contribution >= 4 is 17.7 Å². The Balaban J connectivity index is 2.08. The van der Waals surface area contributed by atoms with Gasteiger partial charge in [-0.1, -0.05) is 0 Å². The van der Waals surface area contributed by atoms with Crippen LogP contribution in [-0.2, 0) is 4.79 Å². The van der Waals surface area contributed by atoms with Gasteiger partial charge in [0, 0.05) is 25.3 Å². The second-order valence-corrected chi connectivity index (χ2v) is 3.46. The molecule has 0 aliphatic carbocycles. The number of nitrogens with zero attached hydrogens (tertiary/aromatic N) is 1. The third-order valence-electron chi connectivity index (χ3n) is 1.73. The Labute approximate surface area is 66.0 Å². The molecule has 0 aromatic carbocycles. The molecule has 0 unspecified atom stereocenters. The quantitative estimate of drug-likeness (QED) is 0.611. The van der Waals surface area contributed by atoms with Gasteiger partial charge < -0.3 is 4.90 Å². The summed E-state index contributed by atoms with van der Waals surface area (Å²) in [7, 11) is 0. The van der Waals surface area contributed by atoms with Gasteiger partial charge in [-0.25, -0.2) is 0 Å². The van der Waals surface area contributed by atoms with Crippen LogP contribution < -0.4 is 0 Å². The van der Waals surface area contributed by atoms with Crippen molar-refractivity contribution < 1.29 is 4.79 Å². The first-order chi connectivity index (χ1) is 4.84. The van der Waals surface area contributed by atoms with E-state index >= 15 is 0 Å². The zero-order valence-corrected chi connectivity index (χ0v) is 7.12. The van der Waals surface area contributed by atoms with E-state index in [1.165, 1.54) is 6.42 Å². The topological polar surface area (TPSA) is 20.3 Å². The fraction of sp³-hybridized carbons (Fsp3) is 0.857. The highest BCUT2D eigenvalue weighted by Crippen LogP contribution is 2.08. The minimum absolute atomic E-state index is 0.334. The van der Waals surface area contributed by atoms with Gasteiger partial charge in [0.25, 0.3) is 0 Å². The first-order valence-corrected chi connectivity index (χ1v) is 5.00. The average Bonchev–Trinajstić information content (AvgIpc) is 1.79. The molecule has 0 bridgehead atoms. The van der Waals surface area contributed by atoms with Gasteiger partial charge in [-0.15, -0.1) is 0 Å². The summed E-state index contributed by atoms with van der Waals surface area (Å²) >= 11 is 1.73. The molecule has 0 N–H and O–H groups in total. The molecule has 3 heteroatoms. The van der Waals surface area contributed by atoms with Crippen molar-refractivity contribution in [1.29, 1.82) is 0 Å². The maximum Gasteiger partial charge on any atom is 0.223 e. The van der Waals surface area contributed by atoms with Crippen molar-refractivity contribution in [2.45, 2.75) is 12.8 Å². The normalized spacial score (nSPS) is 16.7. The Hall–Kier alpha value is -0.180. The summed E-state index contributed by atoms with van der Waals surface area (Å²) in [5.41, 5.74) is 0. The van der Waals surface area contributed by atoms with Gasteiger partial charge in [-0.2, -0.15) is 11.8 Å². The minimum Gasteiger partial charge on any atom is -0.343 e. The van der Waals surface area contributed by atoms with E-state index in [9.17, 15) is 4.79 Å². The molecule has 58 valence electrons. The van der Waals surface area contributed by atoms with Crippen LogP contribution in [0.4, 0.5) is 0 Å². The van der Waals surface area contributed by atoms with Crippen molar-refractivity contribution in [1.82, 2.24) is 4.90 Å². The second-order valence-electron chi connectivity index (χ2n) is 2.48. The van der Waals surface area contributed by atoms with Crippen LogP contribution in [0.2, 0.25) is 0 Å². The summed E-state index contributed by atoms with van der Waals surface area (Å²) in [6.07, 6.45) is 3.95. The Kier molecular flexibility index (Phi) is 3.06. The molecule has 10 heavy (non-hydrogen) atoms. The Morgan fingerprint density at radius 3 is 2.70 bits per heavy atom. The van der Waals surface area contributed by atoms with Gasteiger partial charge in [0.1, 0.15) is 0 Å². The van der Waals surface area contributed by atoms with Gasteiger partial charge in [-0.05, 0) is 12.7 Å². The summed E-state index contributed by atoms with van der Waals surface area (Å²) in [5, 5.41) is 0. The number of amides is 1. The molecule has 0 aromatic rings. The van der Waals surface area contributed by atoms with E-state index in [-0.39, 0.29) is 0 Å². The molecule has 0 radical (unpaired) electrons. The Bertz CT molecular complexity index is 123. The molecular formula is C7H13NOS. The van der Waals surface area contributed by atoms with Crippen LogP contribution in [-0.4, -0.2) is 35.9 Å². The number of rotatable bonds is 3. The maximum atomic E-state index is 11.1. The SMILES string of the molecule is CSCCC(=O)N1CCC1. The summed E-state index contributed by atoms with van der Waals surface area (Å²) < 4.78 is 0. The van der Waals surface area contributed by atoms with E-state index in [1.54, 1.807) is 11.8 Å². The van der Waals surface area contributed by atoms with E-state index < -0.39 is 0 Å². The molecule has 1 amide bonds. The van der Waals surface area contributed by atoms with Crippen LogP contribution in [0.5, 0.6) is 0 Å². The lowest BCUT2D eigenvalue weighted by molar-refractivity contribution is -0.134. The van der Waals surface area contributed by atoms with E-state index in [0.29, 0.717) is 5.91 Å². The Morgan fingerprint density at radius 1 is 1.60 bits per heavy atom. The fourth-order valence-corrected chi connectivity index (χ4v) is 1.29. The first-order valence-electron chi connectivity index (χ1n) is 3.61. The van der Waals surface area contributed by atoms with Crippen molar-refractivity contribution in [3.8, 4) is 0 Å². The molecule has 0 spiro atoms. The standard InChI is InChI=1S/C7H13NOS/c1-10-6-3-7(9)8-4-2-5-8/h2-6H2,1H3. The van der Waals surface area contributed by atoms with Crippen LogP contribution in [0.1, 0.15) is 12.8 Å². The molecule has 1 aliphatic heterocycles. The smallest absolute Gasteiger partial charge is 0.223 e. The molecule has 0 saturated carbocycles. The maximum absolute atomic E-state index is 11.1. The number of thioether (sulfide) groups is 1. The van der Waals surface area contributed by atoms with Crippen LogP contribution >= 0.6 is 11.8 Å². The average molecular weight is 159 g/mol. The number of carbonyl (C=O) groups is 1. The van der Waals surface area contributed by atoms with Crippen LogP contribution in [0.3, 0.4) is 0 Å². The zero-order valence-electron chi connectivity index (χ0n) is 6.30. The highest BCUT2D eigenvalue weighted by atomic mass is 32.2. The molecule has 1 heterocycles. The molecule has 1 aliphatic rings. The van der Waals surface area contributed by atoms with Crippen molar-refractivity contribution in [3.63, 3.8) is 0 Å². The highest BCUT2D eigenvalue weighted by molar-refractivity contribution is 7.98. The largest absolute Gasteiger partial charge is 0.343 e. The molecule has 0 aromatic heterocycles. The second kappa shape index (κ2) is 3.86. The predicted molar refractivity (Wildman–Crippen MR) is 44.2 cm³/mol. The minimum atomic E-state index is 0.334. The fourth-order valence-electron chi connectivity index (χ4n) is 0.913. The van der Waals surface area contributed by atoms with Gasteiger partial charge in [0.15, 0.2) is 0 Å². The summed E-state index contributed by atoms with van der Waals surface area (Å²) in [5.74, 6) is 1.30. The third-order valence-corrected chi connectivity index (χ3v) is 2.34. The third kappa shape index (κ3) is 1.90. The van der Waals surface area contributed by atoms with E-state index in [2.05, 4.69) is 0 Å². The van der Waals surface area contributed by atoms with Crippen molar-refractivity contribution in [3.05, 3.63) is 0 Å². The summed E-state index contributed by atoms with van der Waals surface area (Å²) in [6.45, 7) is 1.99. The highest BCUT2D eigenvalue weighted by Gasteiger charge is 2.18. The molecule has 1 rings (SSSR count). The molecule has 1 saturated heterocycles. The predicted octanol–water partition coefficient (Wildman–Crippen LogP) is 0.972. The molecule has 0 atom stereocenters. The number of hydrogen-bond acceptors (Lipinski definition) is 2. The van der Waals surface area contributed by atoms with E-state index in [0.717, 1.165) is 25.3 Å². The zero-order chi connectivity index (χ0) is 7.40. The van der Waals surface area contributed by atoms with Gasteiger partial charge in [-0.3, -0.25) is 4.79 Å². The first kappa shape index (κ1) is 7.92. The lowest BCUT2D eigenvalue weighted by atomic mass is 10.2. The number of hydrogen-bond donors (Lipinski definition) is 0. The summed E-state index contributed by atoms with van der Waals surface area (Å²) in [4.78, 5) is 13.0. The van der Waals surface area contributed by atoms with Crippen molar-refractivity contribution in [2.75, 3.05) is 25.1 Å². The van der Waals surface area contributed by atoms with Gasteiger partial charge in [0.05, 0.1) is 0 Å². The van der Waals surface area contributed by atoms with Crippen LogP contribution in [0.15, 0.2) is 0 Å². The van der Waals surface area contributed by atoms with Crippen molar-refractivity contribution in [2.24, 2.45) is 0 Å².